The lowest BCUT2D eigenvalue weighted by molar-refractivity contribution is -0.0109. The lowest BCUT2D eigenvalue weighted by Gasteiger charge is -2.18. The van der Waals surface area contributed by atoms with E-state index in [0.29, 0.717) is 40.2 Å². The molecule has 4 aromatic rings. The molecule has 0 spiro atoms. The van der Waals surface area contributed by atoms with Gasteiger partial charge < -0.3 is 9.47 Å². The van der Waals surface area contributed by atoms with Crippen LogP contribution in [-0.2, 0) is 11.2 Å². The fourth-order valence-electron chi connectivity index (χ4n) is 4.73. The zero-order valence-electron chi connectivity index (χ0n) is 21.5. The van der Waals surface area contributed by atoms with Gasteiger partial charge in [-0.15, -0.1) is 15.0 Å². The van der Waals surface area contributed by atoms with E-state index in [9.17, 15) is 4.79 Å². The van der Waals surface area contributed by atoms with Crippen LogP contribution in [0.15, 0.2) is 79.1 Å². The van der Waals surface area contributed by atoms with Crippen LogP contribution in [-0.4, -0.2) is 27.1 Å². The first kappa shape index (κ1) is 24.8. The second-order valence-corrected chi connectivity index (χ2v) is 9.60. The third-order valence-corrected chi connectivity index (χ3v) is 6.90. The molecule has 0 saturated carbocycles. The summed E-state index contributed by atoms with van der Waals surface area (Å²) in [6, 6.07) is 21.0. The fourth-order valence-corrected chi connectivity index (χ4v) is 4.73. The Morgan fingerprint density at radius 3 is 2.62 bits per heavy atom. The standard InChI is InChI=1S/C31H33N3O3/c1-3-5-10-22(4-2)19-23-14-17-29(37-30-13-9-18-36-30)28(20-23)34-32-26-16-15-25(21-27(26)33-34)31(35)24-11-7-6-8-12-24/h6-9,11-12,14-18,20-22,30H,3-5,10,13,19H2,1-2H3. The molecule has 1 aromatic heterocycles. The van der Waals surface area contributed by atoms with E-state index in [1.807, 2.05) is 54.6 Å². The van der Waals surface area contributed by atoms with Crippen LogP contribution >= 0.6 is 0 Å². The zero-order valence-corrected chi connectivity index (χ0v) is 21.5. The third kappa shape index (κ3) is 5.74. The number of carbonyl (C=O) groups is 1. The van der Waals surface area contributed by atoms with Gasteiger partial charge in [-0.05, 0) is 54.3 Å². The van der Waals surface area contributed by atoms with Crippen LogP contribution in [0.5, 0.6) is 5.75 Å². The molecule has 5 rings (SSSR count). The molecule has 0 bridgehead atoms. The van der Waals surface area contributed by atoms with Gasteiger partial charge in [-0.25, -0.2) is 0 Å². The van der Waals surface area contributed by atoms with Gasteiger partial charge in [-0.2, -0.15) is 0 Å². The molecule has 0 fully saturated rings. The van der Waals surface area contributed by atoms with Crippen LogP contribution in [0.1, 0.15) is 67.4 Å². The maximum Gasteiger partial charge on any atom is 0.243 e. The molecular weight excluding hydrogens is 462 g/mol. The number of rotatable bonds is 11. The Hall–Kier alpha value is -3.93. The number of carbonyl (C=O) groups excluding carboxylic acids is 1. The molecule has 2 atom stereocenters. The maximum atomic E-state index is 13.0. The van der Waals surface area contributed by atoms with E-state index in [2.05, 4.69) is 26.0 Å². The molecule has 1 aliphatic rings. The van der Waals surface area contributed by atoms with E-state index in [0.717, 1.165) is 18.5 Å². The minimum Gasteiger partial charge on any atom is -0.462 e. The number of benzene rings is 3. The summed E-state index contributed by atoms with van der Waals surface area (Å²) >= 11 is 0. The summed E-state index contributed by atoms with van der Waals surface area (Å²) in [6.45, 7) is 4.50. The van der Waals surface area contributed by atoms with Crippen LogP contribution in [0.2, 0.25) is 0 Å². The predicted octanol–water partition coefficient (Wildman–Crippen LogP) is 7.05. The molecule has 6 heteroatoms. The summed E-state index contributed by atoms with van der Waals surface area (Å²) in [5.74, 6) is 1.27. The Bertz CT molecular complexity index is 1390. The first-order valence-corrected chi connectivity index (χ1v) is 13.2. The van der Waals surface area contributed by atoms with Crippen LogP contribution in [0.4, 0.5) is 0 Å². The highest BCUT2D eigenvalue weighted by Crippen LogP contribution is 2.29. The maximum absolute atomic E-state index is 13.0. The van der Waals surface area contributed by atoms with Gasteiger partial charge in [0.05, 0.1) is 6.26 Å². The summed E-state index contributed by atoms with van der Waals surface area (Å²) in [5.41, 5.74) is 4.61. The van der Waals surface area contributed by atoms with Gasteiger partial charge in [0.1, 0.15) is 16.7 Å². The summed E-state index contributed by atoms with van der Waals surface area (Å²) in [5, 5.41) is 9.50. The molecule has 190 valence electrons. The number of nitrogens with zero attached hydrogens (tertiary/aromatic N) is 3. The van der Waals surface area contributed by atoms with E-state index in [4.69, 9.17) is 19.7 Å². The number of ketones is 1. The highest BCUT2D eigenvalue weighted by atomic mass is 16.7. The minimum absolute atomic E-state index is 0.0355. The quantitative estimate of drug-likeness (QED) is 0.209. The van der Waals surface area contributed by atoms with Gasteiger partial charge >= 0.3 is 0 Å². The number of ether oxygens (including phenoxy) is 2. The molecule has 2 heterocycles. The van der Waals surface area contributed by atoms with Crippen LogP contribution in [0.25, 0.3) is 16.7 Å². The molecule has 0 aliphatic carbocycles. The van der Waals surface area contributed by atoms with Crippen LogP contribution in [0, 0.1) is 5.92 Å². The first-order valence-electron chi connectivity index (χ1n) is 13.2. The molecule has 0 N–H and O–H groups in total. The topological polar surface area (TPSA) is 66.2 Å². The number of aromatic nitrogens is 3. The lowest BCUT2D eigenvalue weighted by Crippen LogP contribution is -2.16. The molecule has 6 nitrogen and oxygen atoms in total. The number of hydrogen-bond donors (Lipinski definition) is 0. The van der Waals surface area contributed by atoms with Crippen molar-refractivity contribution in [3.05, 3.63) is 95.8 Å². The van der Waals surface area contributed by atoms with Crippen molar-refractivity contribution in [1.82, 2.24) is 15.0 Å². The molecule has 37 heavy (non-hydrogen) atoms. The van der Waals surface area contributed by atoms with Gasteiger partial charge in [0.15, 0.2) is 11.5 Å². The first-order chi connectivity index (χ1) is 18.1. The van der Waals surface area contributed by atoms with E-state index >= 15 is 0 Å². The monoisotopic (exact) mass is 495 g/mol. The van der Waals surface area contributed by atoms with Crippen LogP contribution < -0.4 is 4.74 Å². The van der Waals surface area contributed by atoms with Crippen molar-refractivity contribution in [2.45, 2.75) is 58.7 Å². The van der Waals surface area contributed by atoms with Crippen molar-refractivity contribution in [3.8, 4) is 11.4 Å². The largest absolute Gasteiger partial charge is 0.462 e. The van der Waals surface area contributed by atoms with Crippen LogP contribution in [0.3, 0.4) is 0 Å². The fraction of sp³-hybridized carbons (Fsp3) is 0.323. The summed E-state index contributed by atoms with van der Waals surface area (Å²) in [7, 11) is 0. The number of fused-ring (bicyclic) bond motifs is 1. The van der Waals surface area contributed by atoms with Gasteiger partial charge in [0.25, 0.3) is 0 Å². The molecule has 2 unspecified atom stereocenters. The average molecular weight is 496 g/mol. The highest BCUT2D eigenvalue weighted by molar-refractivity contribution is 6.10. The lowest BCUT2D eigenvalue weighted by atomic mass is 9.92. The Morgan fingerprint density at radius 2 is 1.86 bits per heavy atom. The van der Waals surface area contributed by atoms with Crippen molar-refractivity contribution in [2.24, 2.45) is 5.92 Å². The average Bonchev–Trinajstić information content (AvgIpc) is 3.61. The van der Waals surface area contributed by atoms with Crippen molar-refractivity contribution < 1.29 is 14.3 Å². The SMILES string of the molecule is CCCCC(CC)Cc1ccc(OC2CC=CO2)c(-n2nc3ccc(C(=O)c4ccccc4)cc3n2)c1. The Balaban J connectivity index is 1.48. The molecule has 0 radical (unpaired) electrons. The summed E-state index contributed by atoms with van der Waals surface area (Å²) in [6.07, 6.45) is 9.78. The van der Waals surface area contributed by atoms with Crippen molar-refractivity contribution in [2.75, 3.05) is 0 Å². The zero-order chi connectivity index (χ0) is 25.6. The van der Waals surface area contributed by atoms with Gasteiger partial charge in [-0.1, -0.05) is 75.9 Å². The van der Waals surface area contributed by atoms with E-state index < -0.39 is 0 Å². The second-order valence-electron chi connectivity index (χ2n) is 9.60. The smallest absolute Gasteiger partial charge is 0.243 e. The van der Waals surface area contributed by atoms with Crippen molar-refractivity contribution in [1.29, 1.82) is 0 Å². The Labute approximate surface area is 217 Å². The number of hydrogen-bond acceptors (Lipinski definition) is 5. The Morgan fingerprint density at radius 1 is 1.03 bits per heavy atom. The molecule has 3 aromatic carbocycles. The summed E-state index contributed by atoms with van der Waals surface area (Å²) in [4.78, 5) is 14.6. The molecule has 0 amide bonds. The third-order valence-electron chi connectivity index (χ3n) is 6.90. The van der Waals surface area contributed by atoms with Gasteiger partial charge in [0.2, 0.25) is 6.29 Å². The summed E-state index contributed by atoms with van der Waals surface area (Å²) < 4.78 is 11.7. The number of unbranched alkanes of at least 4 members (excludes halogenated alkanes) is 1. The van der Waals surface area contributed by atoms with E-state index in [1.165, 1.54) is 24.8 Å². The van der Waals surface area contributed by atoms with E-state index in [-0.39, 0.29) is 12.1 Å². The Kier molecular flexibility index (Phi) is 7.64. The highest BCUT2D eigenvalue weighted by Gasteiger charge is 2.19. The van der Waals surface area contributed by atoms with Gasteiger partial charge in [0, 0.05) is 17.5 Å². The molecule has 0 saturated heterocycles. The molecular formula is C31H33N3O3. The van der Waals surface area contributed by atoms with E-state index in [1.54, 1.807) is 17.1 Å². The van der Waals surface area contributed by atoms with Gasteiger partial charge in [-0.3, -0.25) is 4.79 Å². The normalized spacial score (nSPS) is 15.6. The predicted molar refractivity (Wildman–Crippen MR) is 145 cm³/mol. The van der Waals surface area contributed by atoms with Crippen molar-refractivity contribution >= 4 is 16.8 Å². The molecule has 1 aliphatic heterocycles. The second kappa shape index (κ2) is 11.4. The van der Waals surface area contributed by atoms with Crippen molar-refractivity contribution in [3.63, 3.8) is 0 Å². The minimum atomic E-state index is -0.363.